The third-order valence-electron chi connectivity index (χ3n) is 2.87. The molecule has 16 heavy (non-hydrogen) atoms. The highest BCUT2D eigenvalue weighted by atomic mass is 14.2. The standard InChI is InChI=1S/C15H9N/c16-10-11-5-8-15-13(9-11)7-6-12-3-1-2-4-14(12)15/h1-9H. The maximum absolute atomic E-state index is 8.86. The fourth-order valence-corrected chi connectivity index (χ4v) is 2.08. The van der Waals surface area contributed by atoms with Crippen molar-refractivity contribution in [3.05, 3.63) is 60.2 Å². The Kier molecular flexibility index (Phi) is 1.88. The lowest BCUT2D eigenvalue weighted by Gasteiger charge is -2.03. The van der Waals surface area contributed by atoms with E-state index >= 15 is 0 Å². The van der Waals surface area contributed by atoms with E-state index in [4.69, 9.17) is 5.26 Å². The summed E-state index contributed by atoms with van der Waals surface area (Å²) in [7, 11) is 0. The van der Waals surface area contributed by atoms with E-state index in [0.717, 1.165) is 5.39 Å². The summed E-state index contributed by atoms with van der Waals surface area (Å²) in [5.41, 5.74) is 0.711. The van der Waals surface area contributed by atoms with Crippen LogP contribution < -0.4 is 0 Å². The zero-order valence-corrected chi connectivity index (χ0v) is 8.64. The number of nitrogens with zero attached hydrogens (tertiary/aromatic N) is 1. The summed E-state index contributed by atoms with van der Waals surface area (Å²) >= 11 is 0. The Hall–Kier alpha value is -2.33. The van der Waals surface area contributed by atoms with Crippen LogP contribution in [0.3, 0.4) is 0 Å². The van der Waals surface area contributed by atoms with Crippen LogP contribution in [0.5, 0.6) is 0 Å². The minimum absolute atomic E-state index is 0.711. The Labute approximate surface area is 93.6 Å². The number of hydrogen-bond acceptors (Lipinski definition) is 1. The van der Waals surface area contributed by atoms with E-state index in [1.807, 2.05) is 30.3 Å². The Morgan fingerprint density at radius 1 is 0.750 bits per heavy atom. The van der Waals surface area contributed by atoms with Crippen molar-refractivity contribution in [3.8, 4) is 6.07 Å². The lowest BCUT2D eigenvalue weighted by Crippen LogP contribution is -1.79. The Morgan fingerprint density at radius 3 is 2.38 bits per heavy atom. The molecule has 0 bridgehead atoms. The first-order valence-electron chi connectivity index (χ1n) is 5.20. The summed E-state index contributed by atoms with van der Waals surface area (Å²) in [6.07, 6.45) is 0. The predicted molar refractivity (Wildman–Crippen MR) is 66.2 cm³/mol. The highest BCUT2D eigenvalue weighted by Crippen LogP contribution is 2.25. The van der Waals surface area contributed by atoms with E-state index < -0.39 is 0 Å². The monoisotopic (exact) mass is 203 g/mol. The van der Waals surface area contributed by atoms with Crippen molar-refractivity contribution in [2.24, 2.45) is 0 Å². The molecule has 1 nitrogen and oxygen atoms in total. The van der Waals surface area contributed by atoms with Crippen LogP contribution in [-0.2, 0) is 0 Å². The minimum atomic E-state index is 0.711. The maximum Gasteiger partial charge on any atom is 0.0991 e. The van der Waals surface area contributed by atoms with Crippen LogP contribution in [0.1, 0.15) is 5.56 Å². The Balaban J connectivity index is 2.49. The van der Waals surface area contributed by atoms with E-state index in [2.05, 4.69) is 30.3 Å². The molecule has 3 aromatic rings. The van der Waals surface area contributed by atoms with Gasteiger partial charge in [0.25, 0.3) is 0 Å². The molecular formula is C15H9N. The average molecular weight is 203 g/mol. The first-order chi connectivity index (χ1) is 7.88. The summed E-state index contributed by atoms with van der Waals surface area (Å²) in [5, 5.41) is 13.7. The second kappa shape index (κ2) is 3.36. The molecule has 0 heterocycles. The second-order valence-corrected chi connectivity index (χ2v) is 3.83. The van der Waals surface area contributed by atoms with Gasteiger partial charge in [-0.2, -0.15) is 5.26 Å². The molecule has 0 aliphatic heterocycles. The van der Waals surface area contributed by atoms with Gasteiger partial charge in [0.15, 0.2) is 0 Å². The summed E-state index contributed by atoms with van der Waals surface area (Å²) < 4.78 is 0. The summed E-state index contributed by atoms with van der Waals surface area (Å²) in [6, 6.07) is 20.5. The quantitative estimate of drug-likeness (QED) is 0.509. The van der Waals surface area contributed by atoms with Crippen molar-refractivity contribution in [1.82, 2.24) is 0 Å². The van der Waals surface area contributed by atoms with Crippen LogP contribution in [0.4, 0.5) is 0 Å². The summed E-state index contributed by atoms with van der Waals surface area (Å²) in [5.74, 6) is 0. The normalized spacial score (nSPS) is 10.4. The van der Waals surface area contributed by atoms with Gasteiger partial charge in [-0.05, 0) is 33.7 Å². The van der Waals surface area contributed by atoms with Crippen LogP contribution >= 0.6 is 0 Å². The molecule has 0 aliphatic rings. The van der Waals surface area contributed by atoms with E-state index in [-0.39, 0.29) is 0 Å². The Bertz CT molecular complexity index is 720. The van der Waals surface area contributed by atoms with Gasteiger partial charge >= 0.3 is 0 Å². The lowest BCUT2D eigenvalue weighted by molar-refractivity contribution is 1.50. The van der Waals surface area contributed by atoms with Crippen LogP contribution in [0, 0.1) is 11.3 Å². The van der Waals surface area contributed by atoms with Gasteiger partial charge in [-0.3, -0.25) is 0 Å². The largest absolute Gasteiger partial charge is 0.192 e. The first kappa shape index (κ1) is 8.94. The van der Waals surface area contributed by atoms with Crippen LogP contribution in [0.15, 0.2) is 54.6 Å². The van der Waals surface area contributed by atoms with Crippen LogP contribution in [0.2, 0.25) is 0 Å². The molecule has 1 heteroatoms. The SMILES string of the molecule is N#Cc1ccc2c(ccc3ccccc32)c1. The van der Waals surface area contributed by atoms with Crippen LogP contribution in [-0.4, -0.2) is 0 Å². The Morgan fingerprint density at radius 2 is 1.50 bits per heavy atom. The molecule has 0 atom stereocenters. The number of nitriles is 1. The van der Waals surface area contributed by atoms with Crippen molar-refractivity contribution < 1.29 is 0 Å². The molecule has 0 amide bonds. The van der Waals surface area contributed by atoms with E-state index in [0.29, 0.717) is 5.56 Å². The molecule has 0 fully saturated rings. The van der Waals surface area contributed by atoms with Gasteiger partial charge in [-0.25, -0.2) is 0 Å². The molecule has 3 rings (SSSR count). The molecule has 0 unspecified atom stereocenters. The molecule has 3 aromatic carbocycles. The molecule has 0 saturated heterocycles. The van der Waals surface area contributed by atoms with Crippen molar-refractivity contribution in [2.75, 3.05) is 0 Å². The number of benzene rings is 3. The zero-order valence-electron chi connectivity index (χ0n) is 8.64. The van der Waals surface area contributed by atoms with Gasteiger partial charge in [0.1, 0.15) is 0 Å². The van der Waals surface area contributed by atoms with Crippen molar-refractivity contribution in [3.63, 3.8) is 0 Å². The van der Waals surface area contributed by atoms with Gasteiger partial charge in [-0.15, -0.1) is 0 Å². The number of fused-ring (bicyclic) bond motifs is 3. The molecule has 0 N–H and O–H groups in total. The summed E-state index contributed by atoms with van der Waals surface area (Å²) in [6.45, 7) is 0. The van der Waals surface area contributed by atoms with Crippen molar-refractivity contribution in [1.29, 1.82) is 5.26 Å². The molecule has 0 aliphatic carbocycles. The van der Waals surface area contributed by atoms with Gasteiger partial charge in [0.05, 0.1) is 11.6 Å². The number of rotatable bonds is 0. The topological polar surface area (TPSA) is 23.8 Å². The van der Waals surface area contributed by atoms with E-state index in [1.165, 1.54) is 16.2 Å². The third kappa shape index (κ3) is 1.24. The minimum Gasteiger partial charge on any atom is -0.192 e. The first-order valence-corrected chi connectivity index (χ1v) is 5.20. The van der Waals surface area contributed by atoms with E-state index in [9.17, 15) is 0 Å². The van der Waals surface area contributed by atoms with Gasteiger partial charge in [0.2, 0.25) is 0 Å². The second-order valence-electron chi connectivity index (χ2n) is 3.83. The molecule has 0 aromatic heterocycles. The molecule has 0 spiro atoms. The number of hydrogen-bond donors (Lipinski definition) is 0. The third-order valence-corrected chi connectivity index (χ3v) is 2.87. The van der Waals surface area contributed by atoms with Crippen molar-refractivity contribution >= 4 is 21.5 Å². The summed E-state index contributed by atoms with van der Waals surface area (Å²) in [4.78, 5) is 0. The van der Waals surface area contributed by atoms with Crippen LogP contribution in [0.25, 0.3) is 21.5 Å². The molecule has 0 radical (unpaired) electrons. The van der Waals surface area contributed by atoms with Gasteiger partial charge in [-0.1, -0.05) is 42.5 Å². The fraction of sp³-hybridized carbons (Fsp3) is 0. The highest BCUT2D eigenvalue weighted by molar-refractivity contribution is 6.07. The van der Waals surface area contributed by atoms with Crippen molar-refractivity contribution in [2.45, 2.75) is 0 Å². The van der Waals surface area contributed by atoms with E-state index in [1.54, 1.807) is 0 Å². The maximum atomic E-state index is 8.86. The average Bonchev–Trinajstić information content (AvgIpc) is 2.38. The zero-order chi connectivity index (χ0) is 11.0. The molecule has 0 saturated carbocycles. The fourth-order valence-electron chi connectivity index (χ4n) is 2.08. The highest BCUT2D eigenvalue weighted by Gasteiger charge is 2.00. The van der Waals surface area contributed by atoms with Gasteiger partial charge in [0, 0.05) is 0 Å². The lowest BCUT2D eigenvalue weighted by atomic mass is 10.0. The molecule has 74 valence electrons. The smallest absolute Gasteiger partial charge is 0.0991 e. The van der Waals surface area contributed by atoms with Gasteiger partial charge < -0.3 is 0 Å². The molecular weight excluding hydrogens is 194 g/mol. The predicted octanol–water partition coefficient (Wildman–Crippen LogP) is 3.86.